The highest BCUT2D eigenvalue weighted by molar-refractivity contribution is 14.0. The largest absolute Gasteiger partial charge is 0.381 e. The summed E-state index contributed by atoms with van der Waals surface area (Å²) in [5.41, 5.74) is 1.29. The first-order chi connectivity index (χ1) is 12.2. The number of aliphatic imine (C=N–C) groups is 1. The standard InChI is InChI=1S/C20H34N4O.HI/c1-4-21-20(23(3)16-18-12-15-25-17-18)22-13-9-14-24(5-2)19-10-7-6-8-11-19;/h6-8,10-11,18H,4-5,9,12-17H2,1-3H3,(H,21,22);1H. The molecule has 148 valence electrons. The first kappa shape index (κ1) is 23.0. The Balaban J connectivity index is 0.00000338. The molecule has 1 N–H and O–H groups in total. The lowest BCUT2D eigenvalue weighted by Crippen LogP contribution is -2.41. The van der Waals surface area contributed by atoms with Gasteiger partial charge in [-0.3, -0.25) is 4.99 Å². The van der Waals surface area contributed by atoms with Gasteiger partial charge >= 0.3 is 0 Å². The van der Waals surface area contributed by atoms with Crippen molar-refractivity contribution >= 4 is 35.6 Å². The molecule has 1 aromatic carbocycles. The zero-order valence-corrected chi connectivity index (χ0v) is 18.8. The number of guanidine groups is 1. The Morgan fingerprint density at radius 3 is 2.65 bits per heavy atom. The first-order valence-electron chi connectivity index (χ1n) is 9.61. The van der Waals surface area contributed by atoms with E-state index in [1.165, 1.54) is 5.69 Å². The summed E-state index contributed by atoms with van der Waals surface area (Å²) in [6.45, 7) is 10.9. The van der Waals surface area contributed by atoms with E-state index in [0.717, 1.165) is 64.7 Å². The fourth-order valence-electron chi connectivity index (χ4n) is 3.23. The maximum absolute atomic E-state index is 5.48. The van der Waals surface area contributed by atoms with E-state index in [9.17, 15) is 0 Å². The van der Waals surface area contributed by atoms with Gasteiger partial charge in [-0.05, 0) is 38.8 Å². The summed E-state index contributed by atoms with van der Waals surface area (Å²) in [4.78, 5) is 9.47. The molecule has 0 aliphatic carbocycles. The molecule has 0 bridgehead atoms. The summed E-state index contributed by atoms with van der Waals surface area (Å²) in [5.74, 6) is 1.64. The predicted molar refractivity (Wildman–Crippen MR) is 122 cm³/mol. The summed E-state index contributed by atoms with van der Waals surface area (Å²) in [6, 6.07) is 10.6. The number of para-hydroxylation sites is 1. The average Bonchev–Trinajstić information content (AvgIpc) is 3.14. The number of rotatable bonds is 9. The number of benzene rings is 1. The average molecular weight is 474 g/mol. The van der Waals surface area contributed by atoms with Gasteiger partial charge in [-0.25, -0.2) is 0 Å². The third kappa shape index (κ3) is 7.70. The summed E-state index contributed by atoms with van der Waals surface area (Å²) in [7, 11) is 2.13. The van der Waals surface area contributed by atoms with Crippen molar-refractivity contribution in [3.8, 4) is 0 Å². The van der Waals surface area contributed by atoms with E-state index < -0.39 is 0 Å². The number of hydrogen-bond acceptors (Lipinski definition) is 3. The van der Waals surface area contributed by atoms with Gasteiger partial charge in [-0.1, -0.05) is 18.2 Å². The topological polar surface area (TPSA) is 40.1 Å². The minimum Gasteiger partial charge on any atom is -0.381 e. The molecular weight excluding hydrogens is 439 g/mol. The number of hydrogen-bond donors (Lipinski definition) is 1. The molecule has 1 aliphatic heterocycles. The highest BCUT2D eigenvalue weighted by Gasteiger charge is 2.18. The normalized spacial score (nSPS) is 16.9. The molecule has 1 unspecified atom stereocenters. The Bertz CT molecular complexity index is 506. The van der Waals surface area contributed by atoms with E-state index in [2.05, 4.69) is 66.3 Å². The van der Waals surface area contributed by atoms with Crippen LogP contribution in [-0.4, -0.2) is 63.8 Å². The lowest BCUT2D eigenvalue weighted by Gasteiger charge is -2.25. The van der Waals surface area contributed by atoms with Crippen molar-refractivity contribution in [2.24, 2.45) is 10.9 Å². The third-order valence-corrected chi connectivity index (χ3v) is 4.60. The Morgan fingerprint density at radius 1 is 1.27 bits per heavy atom. The van der Waals surface area contributed by atoms with Crippen LogP contribution in [0.1, 0.15) is 26.7 Å². The van der Waals surface area contributed by atoms with E-state index in [1.54, 1.807) is 0 Å². The quantitative estimate of drug-likeness (QED) is 0.258. The van der Waals surface area contributed by atoms with Gasteiger partial charge in [0.25, 0.3) is 0 Å². The predicted octanol–water partition coefficient (Wildman–Crippen LogP) is 3.45. The van der Waals surface area contributed by atoms with Crippen LogP contribution in [0.15, 0.2) is 35.3 Å². The van der Waals surface area contributed by atoms with Gasteiger partial charge in [0.1, 0.15) is 0 Å². The van der Waals surface area contributed by atoms with Gasteiger partial charge in [0.15, 0.2) is 5.96 Å². The number of ether oxygens (including phenoxy) is 1. The van der Waals surface area contributed by atoms with Crippen LogP contribution in [0.2, 0.25) is 0 Å². The molecule has 26 heavy (non-hydrogen) atoms. The molecule has 1 aliphatic rings. The van der Waals surface area contributed by atoms with Gasteiger partial charge < -0.3 is 19.9 Å². The highest BCUT2D eigenvalue weighted by atomic mass is 127. The van der Waals surface area contributed by atoms with Crippen molar-refractivity contribution in [2.45, 2.75) is 26.7 Å². The Kier molecular flexibility index (Phi) is 11.7. The maximum Gasteiger partial charge on any atom is 0.193 e. The molecule has 6 heteroatoms. The molecule has 0 spiro atoms. The monoisotopic (exact) mass is 474 g/mol. The molecule has 1 heterocycles. The smallest absolute Gasteiger partial charge is 0.193 e. The summed E-state index contributed by atoms with van der Waals surface area (Å²) in [6.07, 6.45) is 2.21. The van der Waals surface area contributed by atoms with Crippen LogP contribution in [0.25, 0.3) is 0 Å². The van der Waals surface area contributed by atoms with E-state index in [-0.39, 0.29) is 24.0 Å². The van der Waals surface area contributed by atoms with Crippen LogP contribution < -0.4 is 10.2 Å². The van der Waals surface area contributed by atoms with E-state index in [1.807, 2.05) is 0 Å². The number of nitrogens with zero attached hydrogens (tertiary/aromatic N) is 3. The molecule has 1 fully saturated rings. The molecular formula is C20H35IN4O. The third-order valence-electron chi connectivity index (χ3n) is 4.60. The van der Waals surface area contributed by atoms with Crippen LogP contribution in [-0.2, 0) is 4.74 Å². The lowest BCUT2D eigenvalue weighted by molar-refractivity contribution is 0.181. The molecule has 0 radical (unpaired) electrons. The van der Waals surface area contributed by atoms with Crippen molar-refractivity contribution in [3.05, 3.63) is 30.3 Å². The molecule has 1 saturated heterocycles. The lowest BCUT2D eigenvalue weighted by atomic mass is 10.1. The first-order valence-corrected chi connectivity index (χ1v) is 9.61. The fourth-order valence-corrected chi connectivity index (χ4v) is 3.23. The van der Waals surface area contributed by atoms with Crippen molar-refractivity contribution in [2.75, 3.05) is 57.9 Å². The second-order valence-electron chi connectivity index (χ2n) is 6.61. The van der Waals surface area contributed by atoms with Crippen LogP contribution in [0, 0.1) is 5.92 Å². The second kappa shape index (κ2) is 13.2. The molecule has 0 amide bonds. The number of nitrogens with one attached hydrogen (secondary N) is 1. The van der Waals surface area contributed by atoms with Crippen LogP contribution in [0.5, 0.6) is 0 Å². The molecule has 0 aromatic heterocycles. The molecule has 0 saturated carbocycles. The molecule has 1 aromatic rings. The molecule has 5 nitrogen and oxygen atoms in total. The number of halogens is 1. The summed E-state index contributed by atoms with van der Waals surface area (Å²) >= 11 is 0. The highest BCUT2D eigenvalue weighted by Crippen LogP contribution is 2.14. The Morgan fingerprint density at radius 2 is 2.04 bits per heavy atom. The van der Waals surface area contributed by atoms with E-state index >= 15 is 0 Å². The van der Waals surface area contributed by atoms with E-state index in [4.69, 9.17) is 9.73 Å². The zero-order valence-electron chi connectivity index (χ0n) is 16.5. The minimum absolute atomic E-state index is 0. The zero-order chi connectivity index (χ0) is 17.9. The van der Waals surface area contributed by atoms with Crippen molar-refractivity contribution in [1.82, 2.24) is 10.2 Å². The Labute approximate surface area is 176 Å². The Hall–Kier alpha value is -1.02. The van der Waals surface area contributed by atoms with Crippen LogP contribution >= 0.6 is 24.0 Å². The van der Waals surface area contributed by atoms with Gasteiger partial charge in [-0.15, -0.1) is 24.0 Å². The summed E-state index contributed by atoms with van der Waals surface area (Å²) in [5, 5.41) is 3.41. The number of anilines is 1. The van der Waals surface area contributed by atoms with Gasteiger partial charge in [0.05, 0.1) is 6.61 Å². The maximum atomic E-state index is 5.48. The van der Waals surface area contributed by atoms with Gasteiger partial charge in [0.2, 0.25) is 0 Å². The molecule has 1 atom stereocenters. The van der Waals surface area contributed by atoms with Crippen molar-refractivity contribution in [3.63, 3.8) is 0 Å². The second-order valence-corrected chi connectivity index (χ2v) is 6.61. The summed E-state index contributed by atoms with van der Waals surface area (Å²) < 4.78 is 5.48. The van der Waals surface area contributed by atoms with Crippen molar-refractivity contribution < 1.29 is 4.74 Å². The fraction of sp³-hybridized carbons (Fsp3) is 0.650. The van der Waals surface area contributed by atoms with Crippen LogP contribution in [0.4, 0.5) is 5.69 Å². The molecule has 2 rings (SSSR count). The van der Waals surface area contributed by atoms with Crippen LogP contribution in [0.3, 0.4) is 0 Å². The van der Waals surface area contributed by atoms with E-state index in [0.29, 0.717) is 5.92 Å². The SMILES string of the molecule is CCNC(=NCCCN(CC)c1ccccc1)N(C)CC1CCOC1.I. The minimum atomic E-state index is 0. The van der Waals surface area contributed by atoms with Crippen molar-refractivity contribution in [1.29, 1.82) is 0 Å². The van der Waals surface area contributed by atoms with Gasteiger partial charge in [0, 0.05) is 58.0 Å². The van der Waals surface area contributed by atoms with Gasteiger partial charge in [-0.2, -0.15) is 0 Å².